The van der Waals surface area contributed by atoms with Crippen LogP contribution < -0.4 is 15.0 Å². The largest absolute Gasteiger partial charge is 0.493 e. The molecule has 0 unspecified atom stereocenters. The lowest BCUT2D eigenvalue weighted by molar-refractivity contribution is 0.207. The third kappa shape index (κ3) is 4.68. The summed E-state index contributed by atoms with van der Waals surface area (Å²) in [5.41, 5.74) is 1.01. The van der Waals surface area contributed by atoms with Crippen LogP contribution in [0.1, 0.15) is 38.6 Å². The first kappa shape index (κ1) is 22.3. The van der Waals surface area contributed by atoms with Crippen LogP contribution in [-0.2, 0) is 6.42 Å². The number of hydrogen-bond acceptors (Lipinski definition) is 5. The van der Waals surface area contributed by atoms with Gasteiger partial charge in [0.15, 0.2) is 11.5 Å². The zero-order valence-corrected chi connectivity index (χ0v) is 19.6. The Hall–Kier alpha value is -2.38. The summed E-state index contributed by atoms with van der Waals surface area (Å²) >= 11 is 9.66. The van der Waals surface area contributed by atoms with Crippen LogP contribution in [0.4, 0.5) is 0 Å². The summed E-state index contributed by atoms with van der Waals surface area (Å²) in [7, 11) is 1.56. The molecular formula is C22H23BrClN3O3. The molecule has 6 nitrogen and oxygen atoms in total. The molecule has 0 radical (unpaired) electrons. The molecule has 3 aromatic rings. The van der Waals surface area contributed by atoms with Crippen molar-refractivity contribution in [1.82, 2.24) is 9.66 Å². The Morgan fingerprint density at radius 1 is 1.30 bits per heavy atom. The molecule has 0 fully saturated rings. The molecule has 8 heteroatoms. The van der Waals surface area contributed by atoms with Gasteiger partial charge in [-0.3, -0.25) is 4.79 Å². The molecule has 158 valence electrons. The second-order valence-corrected chi connectivity index (χ2v) is 8.12. The summed E-state index contributed by atoms with van der Waals surface area (Å²) in [6.07, 6.45) is 2.90. The molecule has 1 atom stereocenters. The van der Waals surface area contributed by atoms with Crippen molar-refractivity contribution in [2.75, 3.05) is 7.11 Å². The second kappa shape index (κ2) is 9.62. The summed E-state index contributed by atoms with van der Waals surface area (Å²) in [5, 5.41) is 5.41. The van der Waals surface area contributed by atoms with Crippen LogP contribution in [0.2, 0.25) is 5.02 Å². The van der Waals surface area contributed by atoms with Crippen molar-refractivity contribution in [2.45, 2.75) is 39.7 Å². The first-order valence-corrected chi connectivity index (χ1v) is 10.8. The number of methoxy groups -OCH3 is 1. The van der Waals surface area contributed by atoms with Gasteiger partial charge in [-0.1, -0.05) is 41.4 Å². The molecule has 1 aromatic heterocycles. The van der Waals surface area contributed by atoms with Crippen molar-refractivity contribution in [1.29, 1.82) is 0 Å². The summed E-state index contributed by atoms with van der Waals surface area (Å²) in [6.45, 7) is 5.94. The van der Waals surface area contributed by atoms with Crippen LogP contribution in [0, 0.1) is 0 Å². The van der Waals surface area contributed by atoms with Crippen LogP contribution in [0.3, 0.4) is 0 Å². The van der Waals surface area contributed by atoms with Gasteiger partial charge in [-0.05, 0) is 37.6 Å². The van der Waals surface area contributed by atoms with Gasteiger partial charge in [-0.2, -0.15) is 9.78 Å². The molecule has 30 heavy (non-hydrogen) atoms. The lowest BCUT2D eigenvalue weighted by Crippen LogP contribution is -2.22. The normalized spacial score (nSPS) is 12.5. The van der Waals surface area contributed by atoms with E-state index in [9.17, 15) is 4.79 Å². The number of nitrogens with zero attached hydrogens (tertiary/aromatic N) is 3. The summed E-state index contributed by atoms with van der Waals surface area (Å²) in [5.74, 6) is 1.60. The second-order valence-electron chi connectivity index (χ2n) is 6.77. The fourth-order valence-electron chi connectivity index (χ4n) is 2.91. The average molecular weight is 493 g/mol. The van der Waals surface area contributed by atoms with Crippen LogP contribution >= 0.6 is 27.5 Å². The van der Waals surface area contributed by atoms with Gasteiger partial charge in [-0.25, -0.2) is 4.98 Å². The van der Waals surface area contributed by atoms with Crippen LogP contribution in [0.15, 0.2) is 44.7 Å². The van der Waals surface area contributed by atoms with Crippen molar-refractivity contribution in [3.8, 4) is 11.5 Å². The van der Waals surface area contributed by atoms with E-state index in [1.165, 1.54) is 4.68 Å². The fourth-order valence-corrected chi connectivity index (χ4v) is 3.49. The highest BCUT2D eigenvalue weighted by Gasteiger charge is 2.15. The van der Waals surface area contributed by atoms with Crippen molar-refractivity contribution in [3.05, 3.63) is 61.6 Å². The van der Waals surface area contributed by atoms with E-state index in [4.69, 9.17) is 21.1 Å². The van der Waals surface area contributed by atoms with Crippen molar-refractivity contribution >= 4 is 44.6 Å². The average Bonchev–Trinajstić information content (AvgIpc) is 2.74. The number of rotatable bonds is 7. The van der Waals surface area contributed by atoms with E-state index in [1.54, 1.807) is 31.5 Å². The van der Waals surface area contributed by atoms with Gasteiger partial charge in [-0.15, -0.1) is 0 Å². The summed E-state index contributed by atoms with van der Waals surface area (Å²) < 4.78 is 13.6. The molecular weight excluding hydrogens is 470 g/mol. The zero-order valence-electron chi connectivity index (χ0n) is 17.3. The van der Waals surface area contributed by atoms with Gasteiger partial charge in [0.2, 0.25) is 0 Å². The topological polar surface area (TPSA) is 65.7 Å². The number of ether oxygens (including phenoxy) is 2. The minimum absolute atomic E-state index is 0.0270. The molecule has 0 bridgehead atoms. The fraction of sp³-hybridized carbons (Fsp3) is 0.318. The van der Waals surface area contributed by atoms with Crippen molar-refractivity contribution < 1.29 is 9.47 Å². The monoisotopic (exact) mass is 491 g/mol. The lowest BCUT2D eigenvalue weighted by Gasteiger charge is -2.18. The molecule has 0 N–H and O–H groups in total. The summed E-state index contributed by atoms with van der Waals surface area (Å²) in [4.78, 5) is 17.7. The minimum Gasteiger partial charge on any atom is -0.493 e. The van der Waals surface area contributed by atoms with Crippen LogP contribution in [-0.4, -0.2) is 29.1 Å². The van der Waals surface area contributed by atoms with Gasteiger partial charge in [0, 0.05) is 27.5 Å². The number of hydrogen-bond donors (Lipinski definition) is 0. The Kier molecular flexibility index (Phi) is 7.15. The van der Waals surface area contributed by atoms with E-state index < -0.39 is 0 Å². The molecule has 3 rings (SSSR count). The zero-order chi connectivity index (χ0) is 21.8. The van der Waals surface area contributed by atoms with E-state index in [0.717, 1.165) is 10.9 Å². The van der Waals surface area contributed by atoms with E-state index in [0.29, 0.717) is 45.2 Å². The number of aryl methyl sites for hydroxylation is 1. The first-order chi connectivity index (χ1) is 14.4. The third-order valence-electron chi connectivity index (χ3n) is 4.67. The Labute approximate surface area is 188 Å². The predicted molar refractivity (Wildman–Crippen MR) is 124 cm³/mol. The van der Waals surface area contributed by atoms with Gasteiger partial charge < -0.3 is 9.47 Å². The number of fused-ring (bicyclic) bond motifs is 1. The first-order valence-electron chi connectivity index (χ1n) is 9.67. The summed E-state index contributed by atoms with van der Waals surface area (Å²) in [6, 6.07) is 8.84. The minimum atomic E-state index is -0.243. The van der Waals surface area contributed by atoms with E-state index in [2.05, 4.69) is 26.0 Å². The maximum Gasteiger partial charge on any atom is 0.282 e. The molecule has 0 saturated carbocycles. The van der Waals surface area contributed by atoms with Gasteiger partial charge >= 0.3 is 0 Å². The highest BCUT2D eigenvalue weighted by Crippen LogP contribution is 2.35. The third-order valence-corrected chi connectivity index (χ3v) is 5.38. The van der Waals surface area contributed by atoms with Crippen LogP contribution in [0.25, 0.3) is 10.9 Å². The smallest absolute Gasteiger partial charge is 0.282 e. The molecule has 0 saturated heterocycles. The predicted octanol–water partition coefficient (Wildman–Crippen LogP) is 5.44. The molecule has 1 heterocycles. The van der Waals surface area contributed by atoms with E-state index in [-0.39, 0.29) is 11.7 Å². The standard InChI is InChI=1S/C22H23BrClN3O3/c1-5-13(3)30-21-14(9-16(24)11-19(21)29-4)12-25-27-20(6-2)26-18-8-7-15(23)10-17(18)22(27)28/h7-13H,5-6H2,1-4H3/t13-/m0/s1. The van der Waals surface area contributed by atoms with Gasteiger partial charge in [0.1, 0.15) is 5.82 Å². The van der Waals surface area contributed by atoms with Gasteiger partial charge in [0.05, 0.1) is 30.3 Å². The van der Waals surface area contributed by atoms with Gasteiger partial charge in [0.25, 0.3) is 5.56 Å². The maximum atomic E-state index is 13.1. The Balaban J connectivity index is 2.16. The highest BCUT2D eigenvalue weighted by molar-refractivity contribution is 9.10. The molecule has 0 spiro atoms. The van der Waals surface area contributed by atoms with Crippen molar-refractivity contribution in [2.24, 2.45) is 5.10 Å². The Bertz CT molecular complexity index is 1160. The lowest BCUT2D eigenvalue weighted by atomic mass is 10.2. The number of halogens is 2. The molecule has 0 aliphatic rings. The number of benzene rings is 2. The van der Waals surface area contributed by atoms with E-state index >= 15 is 0 Å². The SMILES string of the molecule is CCc1nc2ccc(Br)cc2c(=O)n1N=Cc1cc(Cl)cc(OC)c1O[C@@H](C)CC. The Morgan fingerprint density at radius 2 is 2.07 bits per heavy atom. The van der Waals surface area contributed by atoms with E-state index in [1.807, 2.05) is 32.9 Å². The molecule has 0 aliphatic carbocycles. The van der Waals surface area contributed by atoms with Crippen LogP contribution in [0.5, 0.6) is 11.5 Å². The Morgan fingerprint density at radius 3 is 2.73 bits per heavy atom. The number of aromatic nitrogens is 2. The quantitative estimate of drug-likeness (QED) is 0.412. The molecule has 0 amide bonds. The highest BCUT2D eigenvalue weighted by atomic mass is 79.9. The molecule has 0 aliphatic heterocycles. The molecule has 2 aromatic carbocycles. The maximum absolute atomic E-state index is 13.1. The van der Waals surface area contributed by atoms with Crippen molar-refractivity contribution in [3.63, 3.8) is 0 Å².